The van der Waals surface area contributed by atoms with Crippen molar-refractivity contribution in [3.8, 4) is 0 Å². The highest BCUT2D eigenvalue weighted by Gasteiger charge is 2.14. The highest BCUT2D eigenvalue weighted by molar-refractivity contribution is 5.66. The molecule has 6 nitrogen and oxygen atoms in total. The largest absolute Gasteiger partial charge is 0.466 e. The lowest BCUT2D eigenvalue weighted by atomic mass is 10.1. The molecule has 6 heteroatoms. The Morgan fingerprint density at radius 1 is 0.850 bits per heavy atom. The van der Waals surface area contributed by atoms with Crippen molar-refractivity contribution < 1.29 is 28.6 Å². The Bertz CT molecular complexity index is 326. The summed E-state index contributed by atoms with van der Waals surface area (Å²) in [5, 5.41) is 0. The first-order valence-corrected chi connectivity index (χ1v) is 6.79. The van der Waals surface area contributed by atoms with Gasteiger partial charge in [0.1, 0.15) is 6.10 Å². The molecule has 0 fully saturated rings. The third-order valence-corrected chi connectivity index (χ3v) is 2.58. The van der Waals surface area contributed by atoms with E-state index in [1.165, 1.54) is 20.8 Å². The Hall–Kier alpha value is -1.59. The van der Waals surface area contributed by atoms with Crippen LogP contribution in [0.15, 0.2) is 0 Å². The van der Waals surface area contributed by atoms with Crippen LogP contribution in [-0.4, -0.2) is 36.7 Å². The van der Waals surface area contributed by atoms with Crippen LogP contribution in [0.2, 0.25) is 0 Å². The normalized spacial score (nSPS) is 13.2. The molecular weight excluding hydrogens is 264 g/mol. The monoisotopic (exact) mass is 288 g/mol. The van der Waals surface area contributed by atoms with Gasteiger partial charge in [0, 0.05) is 27.2 Å². The summed E-state index contributed by atoms with van der Waals surface area (Å²) in [6.07, 6.45) is 2.14. The number of rotatable bonds is 9. The average Bonchev–Trinajstić information content (AvgIpc) is 2.26. The molecule has 2 atom stereocenters. The molecule has 0 heterocycles. The number of carbonyl (C=O) groups is 3. The first-order valence-electron chi connectivity index (χ1n) is 6.79. The van der Waals surface area contributed by atoms with Crippen molar-refractivity contribution in [1.82, 2.24) is 0 Å². The molecule has 0 saturated heterocycles. The molecule has 0 radical (unpaired) electrons. The highest BCUT2D eigenvalue weighted by atomic mass is 16.6. The van der Waals surface area contributed by atoms with E-state index in [1.807, 2.05) is 6.92 Å². The third kappa shape index (κ3) is 11.5. The molecule has 0 aliphatic heterocycles. The SMILES string of the molecule is CC(=O)OCCC(CCCC(C)OC(C)=O)OC(C)=O. The molecule has 0 spiro atoms. The maximum Gasteiger partial charge on any atom is 0.302 e. The minimum absolute atomic E-state index is 0.154. The summed E-state index contributed by atoms with van der Waals surface area (Å²) in [6.45, 7) is 6.10. The number of hydrogen-bond donors (Lipinski definition) is 0. The van der Waals surface area contributed by atoms with Crippen molar-refractivity contribution >= 4 is 17.9 Å². The fourth-order valence-electron chi connectivity index (χ4n) is 1.81. The van der Waals surface area contributed by atoms with E-state index in [-0.39, 0.29) is 36.7 Å². The Kier molecular flexibility index (Phi) is 9.41. The van der Waals surface area contributed by atoms with E-state index < -0.39 is 0 Å². The topological polar surface area (TPSA) is 78.9 Å². The van der Waals surface area contributed by atoms with Gasteiger partial charge in [0.05, 0.1) is 12.7 Å². The summed E-state index contributed by atoms with van der Waals surface area (Å²) < 4.78 is 15.0. The van der Waals surface area contributed by atoms with Gasteiger partial charge in [-0.25, -0.2) is 0 Å². The molecule has 0 aliphatic rings. The molecule has 20 heavy (non-hydrogen) atoms. The van der Waals surface area contributed by atoms with Gasteiger partial charge in [-0.1, -0.05) is 0 Å². The minimum Gasteiger partial charge on any atom is -0.466 e. The van der Waals surface area contributed by atoms with Crippen molar-refractivity contribution in [3.05, 3.63) is 0 Å². The van der Waals surface area contributed by atoms with Gasteiger partial charge in [0.15, 0.2) is 0 Å². The van der Waals surface area contributed by atoms with Crippen LogP contribution in [0, 0.1) is 0 Å². The third-order valence-electron chi connectivity index (χ3n) is 2.58. The van der Waals surface area contributed by atoms with Crippen LogP contribution in [0.25, 0.3) is 0 Å². The zero-order chi connectivity index (χ0) is 15.5. The van der Waals surface area contributed by atoms with Gasteiger partial charge in [-0.3, -0.25) is 14.4 Å². The lowest BCUT2D eigenvalue weighted by molar-refractivity contribution is -0.148. The molecule has 0 aromatic rings. The van der Waals surface area contributed by atoms with Crippen LogP contribution in [0.4, 0.5) is 0 Å². The van der Waals surface area contributed by atoms with E-state index in [1.54, 1.807) is 0 Å². The van der Waals surface area contributed by atoms with E-state index in [4.69, 9.17) is 14.2 Å². The maximum atomic E-state index is 11.0. The lowest BCUT2D eigenvalue weighted by Gasteiger charge is -2.18. The molecule has 0 bridgehead atoms. The van der Waals surface area contributed by atoms with Gasteiger partial charge in [-0.2, -0.15) is 0 Å². The van der Waals surface area contributed by atoms with Gasteiger partial charge < -0.3 is 14.2 Å². The molecule has 0 aromatic heterocycles. The van der Waals surface area contributed by atoms with Crippen LogP contribution >= 0.6 is 0 Å². The molecule has 0 aliphatic carbocycles. The smallest absolute Gasteiger partial charge is 0.302 e. The molecule has 0 aromatic carbocycles. The summed E-state index contributed by atoms with van der Waals surface area (Å²) in [5.41, 5.74) is 0. The molecule has 0 saturated carbocycles. The second-order valence-corrected chi connectivity index (χ2v) is 4.71. The number of esters is 3. The van der Waals surface area contributed by atoms with Crippen LogP contribution in [-0.2, 0) is 28.6 Å². The lowest BCUT2D eigenvalue weighted by Crippen LogP contribution is -2.20. The van der Waals surface area contributed by atoms with Crippen molar-refractivity contribution in [2.45, 2.75) is 65.6 Å². The number of carbonyl (C=O) groups excluding carboxylic acids is 3. The zero-order valence-corrected chi connectivity index (χ0v) is 12.6. The summed E-state index contributed by atoms with van der Waals surface area (Å²) in [6, 6.07) is 0. The quantitative estimate of drug-likeness (QED) is 0.477. The standard InChI is InChI=1S/C14H24O6/c1-10(19-12(3)16)6-5-7-14(20-13(4)17)8-9-18-11(2)15/h10,14H,5-9H2,1-4H3. The van der Waals surface area contributed by atoms with Gasteiger partial charge >= 0.3 is 17.9 Å². The second-order valence-electron chi connectivity index (χ2n) is 4.71. The summed E-state index contributed by atoms with van der Waals surface area (Å²) >= 11 is 0. The van der Waals surface area contributed by atoms with Crippen LogP contribution in [0.3, 0.4) is 0 Å². The van der Waals surface area contributed by atoms with Crippen molar-refractivity contribution in [3.63, 3.8) is 0 Å². The van der Waals surface area contributed by atoms with E-state index in [0.29, 0.717) is 19.3 Å². The van der Waals surface area contributed by atoms with E-state index in [9.17, 15) is 14.4 Å². The van der Waals surface area contributed by atoms with Gasteiger partial charge in [-0.05, 0) is 26.2 Å². The maximum absolute atomic E-state index is 11.0. The Labute approximate surface area is 119 Å². The van der Waals surface area contributed by atoms with Crippen molar-refractivity contribution in [2.24, 2.45) is 0 Å². The molecule has 116 valence electrons. The first-order chi connectivity index (χ1) is 9.31. The highest BCUT2D eigenvalue weighted by Crippen LogP contribution is 2.12. The molecule has 2 unspecified atom stereocenters. The Balaban J connectivity index is 3.99. The number of hydrogen-bond acceptors (Lipinski definition) is 6. The number of ether oxygens (including phenoxy) is 3. The average molecular weight is 288 g/mol. The van der Waals surface area contributed by atoms with Gasteiger partial charge in [0.25, 0.3) is 0 Å². The molecule has 0 N–H and O–H groups in total. The predicted octanol–water partition coefficient (Wildman–Crippen LogP) is 1.99. The zero-order valence-electron chi connectivity index (χ0n) is 12.6. The van der Waals surface area contributed by atoms with Crippen LogP contribution in [0.5, 0.6) is 0 Å². The van der Waals surface area contributed by atoms with E-state index in [0.717, 1.165) is 6.42 Å². The first kappa shape index (κ1) is 18.4. The van der Waals surface area contributed by atoms with Crippen LogP contribution < -0.4 is 0 Å². The fraction of sp³-hybridized carbons (Fsp3) is 0.786. The van der Waals surface area contributed by atoms with Crippen LogP contribution in [0.1, 0.15) is 53.4 Å². The summed E-state index contributed by atoms with van der Waals surface area (Å²) in [5.74, 6) is -1.01. The summed E-state index contributed by atoms with van der Waals surface area (Å²) in [4.78, 5) is 32.4. The minimum atomic E-state index is -0.356. The van der Waals surface area contributed by atoms with E-state index >= 15 is 0 Å². The van der Waals surface area contributed by atoms with Crippen molar-refractivity contribution in [2.75, 3.05) is 6.61 Å². The van der Waals surface area contributed by atoms with Gasteiger partial charge in [0.2, 0.25) is 0 Å². The Morgan fingerprint density at radius 2 is 1.45 bits per heavy atom. The predicted molar refractivity (Wildman–Crippen MR) is 71.9 cm³/mol. The summed E-state index contributed by atoms with van der Waals surface area (Å²) in [7, 11) is 0. The van der Waals surface area contributed by atoms with E-state index in [2.05, 4.69) is 0 Å². The Morgan fingerprint density at radius 3 is 1.95 bits per heavy atom. The van der Waals surface area contributed by atoms with Gasteiger partial charge in [-0.15, -0.1) is 0 Å². The molecule has 0 amide bonds. The fourth-order valence-corrected chi connectivity index (χ4v) is 1.81. The molecule has 0 rings (SSSR count). The second kappa shape index (κ2) is 10.2. The van der Waals surface area contributed by atoms with Crippen molar-refractivity contribution in [1.29, 1.82) is 0 Å². The molecular formula is C14H24O6.